The highest BCUT2D eigenvalue weighted by Gasteiger charge is 2.34. The summed E-state index contributed by atoms with van der Waals surface area (Å²) in [6.07, 6.45) is -4.01. The zero-order valence-electron chi connectivity index (χ0n) is 13.6. The van der Waals surface area contributed by atoms with Crippen molar-refractivity contribution in [3.8, 4) is 0 Å². The molecule has 2 aromatic rings. The van der Waals surface area contributed by atoms with Crippen molar-refractivity contribution in [1.29, 1.82) is 0 Å². The Balaban J connectivity index is 1.61. The molecular formula is C18H17ClF3N3O. The van der Waals surface area contributed by atoms with E-state index in [1.165, 1.54) is 18.2 Å². The minimum absolute atomic E-state index is 0.0296. The molecule has 1 fully saturated rings. The van der Waals surface area contributed by atoms with Gasteiger partial charge in [0.05, 0.1) is 5.56 Å². The van der Waals surface area contributed by atoms with Gasteiger partial charge in [0.25, 0.3) is 0 Å². The first-order valence-electron chi connectivity index (χ1n) is 8.04. The number of hydrogen-bond donors (Lipinski definition) is 3. The lowest BCUT2D eigenvalue weighted by Crippen LogP contribution is -2.43. The first-order valence-corrected chi connectivity index (χ1v) is 8.42. The maximum atomic E-state index is 13.0. The third-order valence-electron chi connectivity index (χ3n) is 4.28. The molecule has 2 aromatic carbocycles. The minimum atomic E-state index is -4.45. The lowest BCUT2D eigenvalue weighted by molar-refractivity contribution is -0.138. The average Bonchev–Trinajstić information content (AvgIpc) is 3.09. The molecule has 1 aliphatic heterocycles. The molecule has 3 N–H and O–H groups in total. The summed E-state index contributed by atoms with van der Waals surface area (Å²) in [4.78, 5) is 12.3. The van der Waals surface area contributed by atoms with E-state index >= 15 is 0 Å². The number of halogens is 4. The summed E-state index contributed by atoms with van der Waals surface area (Å²) in [7, 11) is 0. The number of rotatable bonds is 4. The summed E-state index contributed by atoms with van der Waals surface area (Å²) in [5.41, 5.74) is 6.02. The summed E-state index contributed by atoms with van der Waals surface area (Å²) in [6.45, 7) is -0.191. The largest absolute Gasteiger partial charge is 0.416 e. The number of hydrazine groups is 1. The highest BCUT2D eigenvalue weighted by molar-refractivity contribution is 6.31. The Hall–Kier alpha value is -2.09. The summed E-state index contributed by atoms with van der Waals surface area (Å²) in [5, 5.41) is 3.16. The van der Waals surface area contributed by atoms with Gasteiger partial charge in [-0.1, -0.05) is 48.0 Å². The van der Waals surface area contributed by atoms with Gasteiger partial charge in [-0.3, -0.25) is 4.79 Å². The number of amides is 1. The lowest BCUT2D eigenvalue weighted by atomic mass is 10.0. The molecule has 0 saturated carbocycles. The van der Waals surface area contributed by atoms with Crippen molar-refractivity contribution in [1.82, 2.24) is 16.2 Å². The topological polar surface area (TPSA) is 53.2 Å². The standard InChI is InChI=1S/C18H17ClF3N3O/c19-14-8-4-2-6-12(14)15-9-16(25-24-15)17(26)23-10-11-5-1-3-7-13(11)18(20,21)22/h1-8,15-16,24-25H,9-10H2,(H,23,26). The Kier molecular flexibility index (Phi) is 5.50. The van der Waals surface area contributed by atoms with Crippen molar-refractivity contribution in [3.05, 3.63) is 70.2 Å². The van der Waals surface area contributed by atoms with Gasteiger partial charge < -0.3 is 5.32 Å². The average molecular weight is 384 g/mol. The van der Waals surface area contributed by atoms with E-state index < -0.39 is 17.8 Å². The number of carbonyl (C=O) groups excluding carboxylic acids is 1. The van der Waals surface area contributed by atoms with Gasteiger partial charge in [-0.05, 0) is 29.7 Å². The second-order valence-electron chi connectivity index (χ2n) is 6.02. The van der Waals surface area contributed by atoms with Crippen LogP contribution in [0.3, 0.4) is 0 Å². The highest BCUT2D eigenvalue weighted by atomic mass is 35.5. The molecule has 1 heterocycles. The molecule has 138 valence electrons. The molecule has 8 heteroatoms. The summed E-state index contributed by atoms with van der Waals surface area (Å²) in [6, 6.07) is 11.8. The molecular weight excluding hydrogens is 367 g/mol. The third-order valence-corrected chi connectivity index (χ3v) is 4.62. The Morgan fingerprint density at radius 3 is 2.54 bits per heavy atom. The highest BCUT2D eigenvalue weighted by Crippen LogP contribution is 2.32. The first kappa shape index (κ1) is 18.7. The predicted molar refractivity (Wildman–Crippen MR) is 92.2 cm³/mol. The molecule has 1 saturated heterocycles. The smallest absolute Gasteiger partial charge is 0.351 e. The number of nitrogens with one attached hydrogen (secondary N) is 3. The van der Waals surface area contributed by atoms with Crippen molar-refractivity contribution in [2.24, 2.45) is 0 Å². The van der Waals surface area contributed by atoms with Crippen LogP contribution in [0.15, 0.2) is 48.5 Å². The van der Waals surface area contributed by atoms with Crippen LogP contribution < -0.4 is 16.2 Å². The lowest BCUT2D eigenvalue weighted by Gasteiger charge is -2.15. The molecule has 0 aromatic heterocycles. The Morgan fingerprint density at radius 2 is 1.81 bits per heavy atom. The first-order chi connectivity index (χ1) is 12.4. The van der Waals surface area contributed by atoms with Crippen LogP contribution in [-0.4, -0.2) is 11.9 Å². The fraction of sp³-hybridized carbons (Fsp3) is 0.278. The van der Waals surface area contributed by atoms with Gasteiger partial charge in [0.15, 0.2) is 0 Å². The molecule has 0 bridgehead atoms. The molecule has 0 spiro atoms. The summed E-state index contributed by atoms with van der Waals surface area (Å²) in [5.74, 6) is -0.371. The van der Waals surface area contributed by atoms with Gasteiger partial charge >= 0.3 is 6.18 Å². The van der Waals surface area contributed by atoms with Crippen LogP contribution in [-0.2, 0) is 17.5 Å². The van der Waals surface area contributed by atoms with E-state index in [0.29, 0.717) is 11.4 Å². The van der Waals surface area contributed by atoms with Crippen LogP contribution in [0.25, 0.3) is 0 Å². The van der Waals surface area contributed by atoms with Gasteiger partial charge in [-0.15, -0.1) is 0 Å². The van der Waals surface area contributed by atoms with E-state index in [1.807, 2.05) is 18.2 Å². The van der Waals surface area contributed by atoms with Crippen LogP contribution >= 0.6 is 11.6 Å². The maximum Gasteiger partial charge on any atom is 0.416 e. The van der Waals surface area contributed by atoms with E-state index in [2.05, 4.69) is 16.2 Å². The third kappa shape index (κ3) is 4.17. The van der Waals surface area contributed by atoms with Crippen molar-refractivity contribution in [2.45, 2.75) is 31.2 Å². The second kappa shape index (κ2) is 7.65. The van der Waals surface area contributed by atoms with Crippen molar-refractivity contribution >= 4 is 17.5 Å². The van der Waals surface area contributed by atoms with Crippen LogP contribution in [0.5, 0.6) is 0 Å². The summed E-state index contributed by atoms with van der Waals surface area (Å²) >= 11 is 6.16. The predicted octanol–water partition coefficient (Wildman–Crippen LogP) is 3.58. The number of hydrogen-bond acceptors (Lipinski definition) is 3. The van der Waals surface area contributed by atoms with Crippen LogP contribution in [0, 0.1) is 0 Å². The van der Waals surface area contributed by atoms with Crippen molar-refractivity contribution in [3.63, 3.8) is 0 Å². The molecule has 1 aliphatic rings. The van der Waals surface area contributed by atoms with Crippen LogP contribution in [0.2, 0.25) is 5.02 Å². The second-order valence-corrected chi connectivity index (χ2v) is 6.43. The molecule has 2 unspecified atom stereocenters. The summed E-state index contributed by atoms with van der Waals surface area (Å²) < 4.78 is 39.0. The minimum Gasteiger partial charge on any atom is -0.351 e. The molecule has 3 rings (SSSR count). The van der Waals surface area contributed by atoms with E-state index in [-0.39, 0.29) is 24.1 Å². The molecule has 0 aliphatic carbocycles. The van der Waals surface area contributed by atoms with Gasteiger partial charge in [-0.2, -0.15) is 13.2 Å². The zero-order chi connectivity index (χ0) is 18.7. The Bertz CT molecular complexity index is 797. The molecule has 26 heavy (non-hydrogen) atoms. The van der Waals surface area contributed by atoms with E-state index in [9.17, 15) is 18.0 Å². The molecule has 4 nitrogen and oxygen atoms in total. The fourth-order valence-corrected chi connectivity index (χ4v) is 3.21. The van der Waals surface area contributed by atoms with E-state index in [4.69, 9.17) is 11.6 Å². The number of carbonyl (C=O) groups is 1. The maximum absolute atomic E-state index is 13.0. The van der Waals surface area contributed by atoms with Crippen molar-refractivity contribution < 1.29 is 18.0 Å². The van der Waals surface area contributed by atoms with Gasteiger partial charge in [0.1, 0.15) is 6.04 Å². The molecule has 2 atom stereocenters. The molecule has 1 amide bonds. The van der Waals surface area contributed by atoms with Gasteiger partial charge in [0, 0.05) is 17.6 Å². The Morgan fingerprint density at radius 1 is 1.12 bits per heavy atom. The monoisotopic (exact) mass is 383 g/mol. The zero-order valence-corrected chi connectivity index (χ0v) is 14.4. The van der Waals surface area contributed by atoms with Gasteiger partial charge in [0.2, 0.25) is 5.91 Å². The van der Waals surface area contributed by atoms with E-state index in [1.54, 1.807) is 6.07 Å². The van der Waals surface area contributed by atoms with E-state index in [0.717, 1.165) is 11.6 Å². The normalized spacial score (nSPS) is 20.2. The Labute approximate surface area is 153 Å². The SMILES string of the molecule is O=C(NCc1ccccc1C(F)(F)F)C1CC(c2ccccc2Cl)NN1. The number of alkyl halides is 3. The molecule has 0 radical (unpaired) electrons. The number of benzene rings is 2. The van der Waals surface area contributed by atoms with Crippen LogP contribution in [0.1, 0.15) is 29.2 Å². The van der Waals surface area contributed by atoms with Gasteiger partial charge in [-0.25, -0.2) is 10.9 Å². The quantitative estimate of drug-likeness (QED) is 0.756. The fourth-order valence-electron chi connectivity index (χ4n) is 2.95. The van der Waals surface area contributed by atoms with Crippen molar-refractivity contribution in [2.75, 3.05) is 0 Å². The van der Waals surface area contributed by atoms with Crippen LogP contribution in [0.4, 0.5) is 13.2 Å².